The lowest BCUT2D eigenvalue weighted by Crippen LogP contribution is -2.54. The molecule has 24 heavy (non-hydrogen) atoms. The molecule has 0 saturated carbocycles. The van der Waals surface area contributed by atoms with Gasteiger partial charge < -0.3 is 9.80 Å². The zero-order valence-corrected chi connectivity index (χ0v) is 13.8. The van der Waals surface area contributed by atoms with Crippen LogP contribution in [0.3, 0.4) is 0 Å². The molecular formula is C16H16FN3O3S. The highest BCUT2D eigenvalue weighted by Crippen LogP contribution is 2.27. The van der Waals surface area contributed by atoms with Crippen LogP contribution in [0.5, 0.6) is 0 Å². The van der Waals surface area contributed by atoms with Crippen LogP contribution >= 0.6 is 11.3 Å². The second-order valence-corrected chi connectivity index (χ2v) is 6.61. The number of amides is 1. The first kappa shape index (κ1) is 16.4. The summed E-state index contributed by atoms with van der Waals surface area (Å²) in [6, 6.07) is 7.21. The van der Waals surface area contributed by atoms with E-state index < -0.39 is 10.7 Å². The third-order valence-corrected chi connectivity index (χ3v) is 4.96. The predicted molar refractivity (Wildman–Crippen MR) is 90.1 cm³/mol. The molecule has 1 amide bonds. The van der Waals surface area contributed by atoms with Crippen molar-refractivity contribution in [1.29, 1.82) is 0 Å². The number of anilines is 1. The van der Waals surface area contributed by atoms with Gasteiger partial charge in [-0.05, 0) is 24.4 Å². The van der Waals surface area contributed by atoms with Crippen molar-refractivity contribution >= 4 is 28.6 Å². The third kappa shape index (κ3) is 3.09. The van der Waals surface area contributed by atoms with Gasteiger partial charge in [-0.2, -0.15) is 0 Å². The van der Waals surface area contributed by atoms with E-state index in [1.54, 1.807) is 11.0 Å². The summed E-state index contributed by atoms with van der Waals surface area (Å²) in [7, 11) is 0. The monoisotopic (exact) mass is 349 g/mol. The van der Waals surface area contributed by atoms with Crippen LogP contribution in [0.25, 0.3) is 0 Å². The Labute approximate surface area is 142 Å². The molecule has 1 atom stereocenters. The van der Waals surface area contributed by atoms with Crippen molar-refractivity contribution in [3.8, 4) is 0 Å². The Balaban J connectivity index is 1.74. The zero-order chi connectivity index (χ0) is 17.3. The van der Waals surface area contributed by atoms with Crippen LogP contribution in [0.2, 0.25) is 0 Å². The topological polar surface area (TPSA) is 66.7 Å². The van der Waals surface area contributed by atoms with E-state index in [0.29, 0.717) is 30.2 Å². The summed E-state index contributed by atoms with van der Waals surface area (Å²) in [5.41, 5.74) is 0.0616. The molecule has 0 radical (unpaired) electrons. The number of thiophene rings is 1. The summed E-state index contributed by atoms with van der Waals surface area (Å²) in [6.07, 6.45) is 0. The Morgan fingerprint density at radius 1 is 1.38 bits per heavy atom. The van der Waals surface area contributed by atoms with Crippen LogP contribution in [0, 0.1) is 15.9 Å². The molecule has 126 valence electrons. The fourth-order valence-electron chi connectivity index (χ4n) is 2.89. The largest absolute Gasteiger partial charge is 0.365 e. The lowest BCUT2D eigenvalue weighted by molar-refractivity contribution is -0.385. The summed E-state index contributed by atoms with van der Waals surface area (Å²) in [5.74, 6) is -0.629. The molecule has 2 heterocycles. The first-order valence-corrected chi connectivity index (χ1v) is 8.38. The number of non-ortho nitro benzene ring substituents is 1. The third-order valence-electron chi connectivity index (χ3n) is 4.10. The molecule has 0 spiro atoms. The maximum absolute atomic E-state index is 14.2. The Bertz CT molecular complexity index is 766. The van der Waals surface area contributed by atoms with Crippen molar-refractivity contribution in [2.45, 2.75) is 13.0 Å². The summed E-state index contributed by atoms with van der Waals surface area (Å²) in [6.45, 7) is 3.36. The SMILES string of the molecule is C[C@@H]1CN(c2ccc([N+](=O)[O-])cc2F)CCN1C(=O)c1cccs1. The highest BCUT2D eigenvalue weighted by Gasteiger charge is 2.30. The maximum Gasteiger partial charge on any atom is 0.272 e. The van der Waals surface area contributed by atoms with Gasteiger partial charge in [0.05, 0.1) is 21.6 Å². The van der Waals surface area contributed by atoms with Crippen LogP contribution in [-0.4, -0.2) is 41.4 Å². The fourth-order valence-corrected chi connectivity index (χ4v) is 3.56. The van der Waals surface area contributed by atoms with E-state index in [1.165, 1.54) is 23.5 Å². The quantitative estimate of drug-likeness (QED) is 0.631. The molecule has 3 rings (SSSR count). The smallest absolute Gasteiger partial charge is 0.272 e. The van der Waals surface area contributed by atoms with Crippen LogP contribution in [0.4, 0.5) is 15.8 Å². The van der Waals surface area contributed by atoms with E-state index in [2.05, 4.69) is 0 Å². The van der Waals surface area contributed by atoms with E-state index in [-0.39, 0.29) is 17.6 Å². The van der Waals surface area contributed by atoms with Gasteiger partial charge in [-0.25, -0.2) is 4.39 Å². The van der Waals surface area contributed by atoms with Gasteiger partial charge in [0.15, 0.2) is 5.82 Å². The first-order chi connectivity index (χ1) is 11.5. The Hall–Kier alpha value is -2.48. The standard InChI is InChI=1S/C16H16FN3O3S/c1-11-10-18(14-5-4-12(20(22)23)9-13(14)17)6-7-19(11)16(21)15-3-2-8-24-15/h2-5,8-9,11H,6-7,10H2,1H3/t11-/m1/s1. The van der Waals surface area contributed by atoms with Crippen LogP contribution in [0.1, 0.15) is 16.6 Å². The van der Waals surface area contributed by atoms with E-state index in [9.17, 15) is 19.3 Å². The number of carbonyl (C=O) groups is 1. The van der Waals surface area contributed by atoms with Crippen molar-refractivity contribution in [3.05, 3.63) is 56.5 Å². The molecule has 1 saturated heterocycles. The number of hydrogen-bond acceptors (Lipinski definition) is 5. The Morgan fingerprint density at radius 3 is 2.75 bits per heavy atom. The summed E-state index contributed by atoms with van der Waals surface area (Å²) >= 11 is 1.40. The van der Waals surface area contributed by atoms with E-state index in [4.69, 9.17) is 0 Å². The zero-order valence-electron chi connectivity index (χ0n) is 13.0. The van der Waals surface area contributed by atoms with Crippen molar-refractivity contribution in [2.75, 3.05) is 24.5 Å². The molecule has 1 aromatic carbocycles. The van der Waals surface area contributed by atoms with Gasteiger partial charge in [0, 0.05) is 31.7 Å². The molecule has 1 aliphatic heterocycles. The molecule has 1 aliphatic rings. The van der Waals surface area contributed by atoms with Crippen LogP contribution in [0.15, 0.2) is 35.7 Å². The average Bonchev–Trinajstić information content (AvgIpc) is 3.08. The number of piperazine rings is 1. The Morgan fingerprint density at radius 2 is 2.17 bits per heavy atom. The van der Waals surface area contributed by atoms with Crippen molar-refractivity contribution in [1.82, 2.24) is 4.90 Å². The molecular weight excluding hydrogens is 333 g/mol. The van der Waals surface area contributed by atoms with Gasteiger partial charge in [0.1, 0.15) is 0 Å². The molecule has 0 unspecified atom stereocenters. The fraction of sp³-hybridized carbons (Fsp3) is 0.312. The van der Waals surface area contributed by atoms with Crippen molar-refractivity contribution < 1.29 is 14.1 Å². The molecule has 0 aliphatic carbocycles. The van der Waals surface area contributed by atoms with Gasteiger partial charge in [0.25, 0.3) is 11.6 Å². The normalized spacial score (nSPS) is 17.8. The van der Waals surface area contributed by atoms with Crippen molar-refractivity contribution in [3.63, 3.8) is 0 Å². The van der Waals surface area contributed by atoms with Gasteiger partial charge in [-0.15, -0.1) is 11.3 Å². The number of halogens is 1. The highest BCUT2D eigenvalue weighted by atomic mass is 32.1. The average molecular weight is 349 g/mol. The second kappa shape index (κ2) is 6.56. The molecule has 0 bridgehead atoms. The maximum atomic E-state index is 14.2. The summed E-state index contributed by atoms with van der Waals surface area (Å²) in [4.78, 5) is 26.9. The minimum absolute atomic E-state index is 0.0127. The Kier molecular flexibility index (Phi) is 4.48. The second-order valence-electron chi connectivity index (χ2n) is 5.66. The minimum atomic E-state index is -0.618. The van der Waals surface area contributed by atoms with Crippen molar-refractivity contribution in [2.24, 2.45) is 0 Å². The number of benzene rings is 1. The molecule has 8 heteroatoms. The van der Waals surface area contributed by atoms with E-state index in [0.717, 1.165) is 6.07 Å². The van der Waals surface area contributed by atoms with E-state index >= 15 is 0 Å². The van der Waals surface area contributed by atoms with E-state index in [1.807, 2.05) is 23.3 Å². The number of nitrogens with zero attached hydrogens (tertiary/aromatic N) is 3. The summed E-state index contributed by atoms with van der Waals surface area (Å²) < 4.78 is 14.2. The number of nitro benzene ring substituents is 1. The molecule has 1 fully saturated rings. The lowest BCUT2D eigenvalue weighted by atomic mass is 10.1. The van der Waals surface area contributed by atoms with Gasteiger partial charge >= 0.3 is 0 Å². The molecule has 2 aromatic rings. The number of hydrogen-bond donors (Lipinski definition) is 0. The van der Waals surface area contributed by atoms with Crippen LogP contribution in [-0.2, 0) is 0 Å². The van der Waals surface area contributed by atoms with Gasteiger partial charge in [0.2, 0.25) is 0 Å². The number of rotatable bonds is 3. The molecule has 1 aromatic heterocycles. The minimum Gasteiger partial charge on any atom is -0.365 e. The molecule has 0 N–H and O–H groups in total. The first-order valence-electron chi connectivity index (χ1n) is 7.50. The lowest BCUT2D eigenvalue weighted by Gasteiger charge is -2.40. The summed E-state index contributed by atoms with van der Waals surface area (Å²) in [5, 5.41) is 12.6. The molecule has 6 nitrogen and oxygen atoms in total. The number of nitro groups is 1. The predicted octanol–water partition coefficient (Wildman–Crippen LogP) is 3.15. The highest BCUT2D eigenvalue weighted by molar-refractivity contribution is 7.12. The van der Waals surface area contributed by atoms with Gasteiger partial charge in [-0.3, -0.25) is 14.9 Å². The van der Waals surface area contributed by atoms with Gasteiger partial charge in [-0.1, -0.05) is 6.07 Å². The number of carbonyl (C=O) groups excluding carboxylic acids is 1. The van der Waals surface area contributed by atoms with Crippen LogP contribution < -0.4 is 4.90 Å².